The van der Waals surface area contributed by atoms with E-state index in [0.29, 0.717) is 0 Å². The molecule has 10 rings (SSSR count). The van der Waals surface area contributed by atoms with E-state index in [1.54, 1.807) is 0 Å². The van der Waals surface area contributed by atoms with Gasteiger partial charge in [-0.2, -0.15) is 0 Å². The van der Waals surface area contributed by atoms with Gasteiger partial charge in [0.25, 0.3) is 0 Å². The Balaban J connectivity index is 1.20. The Kier molecular flexibility index (Phi) is 7.55. The lowest BCUT2D eigenvalue weighted by Crippen LogP contribution is -2.11. The first kappa shape index (κ1) is 30.8. The van der Waals surface area contributed by atoms with Gasteiger partial charge in [0.1, 0.15) is 0 Å². The van der Waals surface area contributed by atoms with Gasteiger partial charge in [-0.1, -0.05) is 182 Å². The van der Waals surface area contributed by atoms with Gasteiger partial charge in [0.05, 0.1) is 5.69 Å². The molecule has 0 aromatic heterocycles. The highest BCUT2D eigenvalue weighted by atomic mass is 15.1. The molecule has 1 heteroatoms. The van der Waals surface area contributed by atoms with E-state index in [2.05, 4.69) is 217 Å². The Labute approximate surface area is 309 Å². The van der Waals surface area contributed by atoms with Crippen molar-refractivity contribution in [2.24, 2.45) is 0 Å². The van der Waals surface area contributed by atoms with Crippen molar-refractivity contribution in [3.63, 3.8) is 0 Å². The van der Waals surface area contributed by atoms with Crippen molar-refractivity contribution >= 4 is 60.2 Å². The maximum atomic E-state index is 2.43. The van der Waals surface area contributed by atoms with Crippen LogP contribution in [0.4, 0.5) is 17.1 Å². The minimum atomic E-state index is 1.10. The van der Waals surface area contributed by atoms with Gasteiger partial charge in [0, 0.05) is 16.9 Å². The first-order valence-electron chi connectivity index (χ1n) is 18.3. The van der Waals surface area contributed by atoms with E-state index in [0.717, 1.165) is 17.1 Å². The van der Waals surface area contributed by atoms with Crippen LogP contribution in [0, 0.1) is 0 Å². The van der Waals surface area contributed by atoms with E-state index in [4.69, 9.17) is 0 Å². The fourth-order valence-electron chi connectivity index (χ4n) is 8.21. The van der Waals surface area contributed by atoms with E-state index in [-0.39, 0.29) is 0 Å². The highest BCUT2D eigenvalue weighted by molar-refractivity contribution is 6.25. The van der Waals surface area contributed by atoms with Crippen molar-refractivity contribution in [1.82, 2.24) is 0 Å². The lowest BCUT2D eigenvalue weighted by Gasteiger charge is -2.29. The smallest absolute Gasteiger partial charge is 0.0540 e. The van der Waals surface area contributed by atoms with Crippen LogP contribution in [0.2, 0.25) is 0 Å². The molecule has 0 N–H and O–H groups in total. The summed E-state index contributed by atoms with van der Waals surface area (Å²) < 4.78 is 0. The summed E-state index contributed by atoms with van der Waals surface area (Å²) in [7, 11) is 0. The summed E-state index contributed by atoms with van der Waals surface area (Å²) in [4.78, 5) is 2.43. The number of hydrogen-bond donors (Lipinski definition) is 0. The molecule has 0 bridgehead atoms. The second-order valence-electron chi connectivity index (χ2n) is 13.7. The van der Waals surface area contributed by atoms with Crippen LogP contribution in [0.1, 0.15) is 0 Å². The molecule has 0 unspecified atom stereocenters. The minimum Gasteiger partial charge on any atom is -0.310 e. The summed E-state index contributed by atoms with van der Waals surface area (Å²) in [6.07, 6.45) is 0. The van der Waals surface area contributed by atoms with E-state index >= 15 is 0 Å². The normalized spacial score (nSPS) is 11.4. The summed E-state index contributed by atoms with van der Waals surface area (Å²) in [6.45, 7) is 0. The van der Waals surface area contributed by atoms with Crippen molar-refractivity contribution in [1.29, 1.82) is 0 Å². The summed E-state index contributed by atoms with van der Waals surface area (Å²) in [5.41, 5.74) is 10.6. The molecule has 53 heavy (non-hydrogen) atoms. The largest absolute Gasteiger partial charge is 0.310 e. The number of anilines is 3. The van der Waals surface area contributed by atoms with Crippen LogP contribution >= 0.6 is 0 Å². The van der Waals surface area contributed by atoms with Crippen molar-refractivity contribution < 1.29 is 0 Å². The summed E-state index contributed by atoms with van der Waals surface area (Å²) in [5, 5.41) is 10.1. The molecule has 248 valence electrons. The van der Waals surface area contributed by atoms with Gasteiger partial charge < -0.3 is 4.90 Å². The number of rotatable bonds is 6. The average molecular weight is 674 g/mol. The van der Waals surface area contributed by atoms with E-state index in [1.165, 1.54) is 76.5 Å². The third-order valence-corrected chi connectivity index (χ3v) is 10.6. The molecule has 0 saturated heterocycles. The molecule has 0 amide bonds. The Bertz CT molecular complexity index is 2890. The number of benzene rings is 10. The van der Waals surface area contributed by atoms with Crippen LogP contribution in [0.15, 0.2) is 212 Å². The number of para-hydroxylation sites is 1. The second-order valence-corrected chi connectivity index (χ2v) is 13.7. The molecule has 1 nitrogen and oxygen atoms in total. The highest BCUT2D eigenvalue weighted by Crippen LogP contribution is 2.45. The van der Waals surface area contributed by atoms with Crippen LogP contribution in [0.5, 0.6) is 0 Å². The fraction of sp³-hybridized carbons (Fsp3) is 0. The van der Waals surface area contributed by atoms with Crippen molar-refractivity contribution in [2.75, 3.05) is 4.90 Å². The predicted molar refractivity (Wildman–Crippen MR) is 227 cm³/mol. The number of fused-ring (bicyclic) bond motifs is 7. The topological polar surface area (TPSA) is 3.24 Å². The Hall–Kier alpha value is -6.96. The zero-order valence-corrected chi connectivity index (χ0v) is 29.2. The SMILES string of the molecule is c1ccc(-c2ccccc2N(c2ccc(-c3c(-c4ccccc4)ccc4ccccc34)cc2)c2ccc3c4ccccc4c4ccccc4c3c2)cc1. The maximum Gasteiger partial charge on any atom is 0.0540 e. The molecular weight excluding hydrogens is 639 g/mol. The Morgan fingerprint density at radius 3 is 1.42 bits per heavy atom. The number of nitrogens with zero attached hydrogens (tertiary/aromatic N) is 1. The van der Waals surface area contributed by atoms with Crippen LogP contribution in [-0.2, 0) is 0 Å². The van der Waals surface area contributed by atoms with Gasteiger partial charge in [-0.25, -0.2) is 0 Å². The maximum absolute atomic E-state index is 2.43. The van der Waals surface area contributed by atoms with Gasteiger partial charge in [-0.15, -0.1) is 0 Å². The molecule has 0 heterocycles. The van der Waals surface area contributed by atoms with E-state index in [9.17, 15) is 0 Å². The molecular formula is C52H35N. The molecule has 0 fully saturated rings. The van der Waals surface area contributed by atoms with Gasteiger partial charge in [0.2, 0.25) is 0 Å². The standard InChI is InChI=1S/C52H35N/c1-3-15-36(16-4-1)42-20-13-14-26-51(42)53(41-32-34-49-47-24-10-9-22-45(47)46-23-11-12-25-48(46)50(49)35-41)40-30-27-39(28-31-40)52-43-21-8-7-19-38(43)29-33-44(52)37-17-5-2-6-18-37/h1-35H. The van der Waals surface area contributed by atoms with Crippen LogP contribution in [0.25, 0.3) is 76.5 Å². The summed E-state index contributed by atoms with van der Waals surface area (Å²) in [5.74, 6) is 0. The predicted octanol–water partition coefficient (Wildman–Crippen LogP) is 14.8. The van der Waals surface area contributed by atoms with Crippen LogP contribution in [0.3, 0.4) is 0 Å². The quantitative estimate of drug-likeness (QED) is 0.159. The third kappa shape index (κ3) is 5.34. The van der Waals surface area contributed by atoms with Crippen LogP contribution < -0.4 is 4.90 Å². The van der Waals surface area contributed by atoms with Gasteiger partial charge >= 0.3 is 0 Å². The molecule has 0 atom stereocenters. The summed E-state index contributed by atoms with van der Waals surface area (Å²) in [6, 6.07) is 77.2. The Morgan fingerprint density at radius 1 is 0.264 bits per heavy atom. The van der Waals surface area contributed by atoms with Gasteiger partial charge in [0.15, 0.2) is 0 Å². The zero-order valence-electron chi connectivity index (χ0n) is 29.2. The van der Waals surface area contributed by atoms with E-state index in [1.807, 2.05) is 0 Å². The molecule has 0 radical (unpaired) electrons. The lowest BCUT2D eigenvalue weighted by atomic mass is 9.89. The van der Waals surface area contributed by atoms with Crippen molar-refractivity contribution in [3.8, 4) is 33.4 Å². The molecule has 0 aliphatic heterocycles. The first-order chi connectivity index (χ1) is 26.3. The monoisotopic (exact) mass is 673 g/mol. The van der Waals surface area contributed by atoms with Crippen molar-refractivity contribution in [3.05, 3.63) is 212 Å². The zero-order chi connectivity index (χ0) is 35.1. The first-order valence-corrected chi connectivity index (χ1v) is 18.3. The second kappa shape index (κ2) is 13.0. The van der Waals surface area contributed by atoms with Crippen LogP contribution in [-0.4, -0.2) is 0 Å². The third-order valence-electron chi connectivity index (χ3n) is 10.6. The van der Waals surface area contributed by atoms with E-state index < -0.39 is 0 Å². The minimum absolute atomic E-state index is 1.10. The molecule has 0 aliphatic rings. The Morgan fingerprint density at radius 2 is 0.755 bits per heavy atom. The summed E-state index contributed by atoms with van der Waals surface area (Å²) >= 11 is 0. The molecule has 10 aromatic rings. The van der Waals surface area contributed by atoms with Gasteiger partial charge in [-0.3, -0.25) is 0 Å². The van der Waals surface area contributed by atoms with Gasteiger partial charge in [-0.05, 0) is 101 Å². The highest BCUT2D eigenvalue weighted by Gasteiger charge is 2.20. The number of hydrogen-bond acceptors (Lipinski definition) is 1. The average Bonchev–Trinajstić information content (AvgIpc) is 3.24. The molecule has 10 aromatic carbocycles. The molecule has 0 aliphatic carbocycles. The van der Waals surface area contributed by atoms with Crippen molar-refractivity contribution in [2.45, 2.75) is 0 Å². The molecule has 0 spiro atoms. The molecule has 0 saturated carbocycles. The lowest BCUT2D eigenvalue weighted by molar-refractivity contribution is 1.29. The fourth-order valence-corrected chi connectivity index (χ4v) is 8.21.